The Balaban J connectivity index is 1.80. The number of rotatable bonds is 4. The van der Waals surface area contributed by atoms with Crippen LogP contribution in [0.3, 0.4) is 0 Å². The van der Waals surface area contributed by atoms with Crippen molar-refractivity contribution >= 4 is 22.6 Å². The van der Waals surface area contributed by atoms with Gasteiger partial charge in [0, 0.05) is 18.4 Å². The van der Waals surface area contributed by atoms with Crippen LogP contribution in [0.5, 0.6) is 0 Å². The molecule has 0 aliphatic heterocycles. The maximum Gasteiger partial charge on any atom is 0.255 e. The summed E-state index contributed by atoms with van der Waals surface area (Å²) in [4.78, 5) is 19.4. The Morgan fingerprint density at radius 1 is 1.29 bits per heavy atom. The average molecular weight is 281 g/mol. The molecule has 1 amide bonds. The number of hydrogen-bond acceptors (Lipinski definition) is 3. The highest BCUT2D eigenvalue weighted by Crippen LogP contribution is 2.15. The minimum atomic E-state index is -0.152. The van der Waals surface area contributed by atoms with E-state index >= 15 is 0 Å². The summed E-state index contributed by atoms with van der Waals surface area (Å²) in [6.45, 7) is 0.518. The number of imidazole rings is 1. The fraction of sp³-hybridized carbons (Fsp3) is 0.125. The van der Waals surface area contributed by atoms with E-state index in [1.54, 1.807) is 25.6 Å². The Bertz CT molecular complexity index is 780. The Labute approximate surface area is 122 Å². The van der Waals surface area contributed by atoms with E-state index in [4.69, 9.17) is 4.74 Å². The SMILES string of the molecule is COCc1cccc(NC(=O)c2ccc3nc[nH]c3c2)c1. The summed E-state index contributed by atoms with van der Waals surface area (Å²) < 4.78 is 5.09. The molecule has 0 fully saturated rings. The smallest absolute Gasteiger partial charge is 0.255 e. The highest BCUT2D eigenvalue weighted by Gasteiger charge is 2.08. The number of methoxy groups -OCH3 is 1. The molecular weight excluding hydrogens is 266 g/mol. The lowest BCUT2D eigenvalue weighted by Gasteiger charge is -2.07. The van der Waals surface area contributed by atoms with Crippen molar-refractivity contribution in [3.8, 4) is 0 Å². The summed E-state index contributed by atoms with van der Waals surface area (Å²) >= 11 is 0. The van der Waals surface area contributed by atoms with Crippen molar-refractivity contribution in [3.63, 3.8) is 0 Å². The second kappa shape index (κ2) is 5.76. The van der Waals surface area contributed by atoms with Gasteiger partial charge in [-0.15, -0.1) is 0 Å². The Morgan fingerprint density at radius 3 is 3.05 bits per heavy atom. The molecule has 5 heteroatoms. The third-order valence-corrected chi connectivity index (χ3v) is 3.18. The highest BCUT2D eigenvalue weighted by molar-refractivity contribution is 6.05. The number of benzene rings is 2. The van der Waals surface area contributed by atoms with E-state index < -0.39 is 0 Å². The van der Waals surface area contributed by atoms with Gasteiger partial charge in [-0.3, -0.25) is 4.79 Å². The lowest BCUT2D eigenvalue weighted by Crippen LogP contribution is -2.12. The molecule has 3 rings (SSSR count). The summed E-state index contributed by atoms with van der Waals surface area (Å²) in [7, 11) is 1.64. The molecule has 2 aromatic carbocycles. The number of aromatic amines is 1. The zero-order chi connectivity index (χ0) is 14.7. The summed E-state index contributed by atoms with van der Waals surface area (Å²) in [5.41, 5.74) is 4.03. The van der Waals surface area contributed by atoms with Crippen molar-refractivity contribution in [2.75, 3.05) is 12.4 Å². The number of fused-ring (bicyclic) bond motifs is 1. The van der Waals surface area contributed by atoms with E-state index in [1.807, 2.05) is 30.3 Å². The maximum atomic E-state index is 12.3. The molecule has 3 aromatic rings. The monoisotopic (exact) mass is 281 g/mol. The molecule has 0 unspecified atom stereocenters. The van der Waals surface area contributed by atoms with Crippen LogP contribution < -0.4 is 5.32 Å². The van der Waals surface area contributed by atoms with Gasteiger partial charge in [-0.05, 0) is 35.9 Å². The maximum absolute atomic E-state index is 12.3. The first-order valence-electron chi connectivity index (χ1n) is 6.58. The van der Waals surface area contributed by atoms with Gasteiger partial charge in [0.05, 0.1) is 24.0 Å². The normalized spacial score (nSPS) is 10.7. The van der Waals surface area contributed by atoms with E-state index in [1.165, 1.54) is 0 Å². The molecule has 0 spiro atoms. The van der Waals surface area contributed by atoms with Crippen LogP contribution in [0, 0.1) is 0 Å². The Kier molecular flexibility index (Phi) is 3.66. The van der Waals surface area contributed by atoms with Crippen molar-refractivity contribution < 1.29 is 9.53 Å². The van der Waals surface area contributed by atoms with Crippen molar-refractivity contribution in [2.45, 2.75) is 6.61 Å². The van der Waals surface area contributed by atoms with Crippen LogP contribution in [0.15, 0.2) is 48.8 Å². The number of H-pyrrole nitrogens is 1. The van der Waals surface area contributed by atoms with Crippen LogP contribution in [0.1, 0.15) is 15.9 Å². The number of carbonyl (C=O) groups excluding carboxylic acids is 1. The molecule has 0 atom stereocenters. The van der Waals surface area contributed by atoms with Crippen LogP contribution in [-0.2, 0) is 11.3 Å². The molecular formula is C16H15N3O2. The van der Waals surface area contributed by atoms with Gasteiger partial charge in [-0.2, -0.15) is 0 Å². The molecule has 0 radical (unpaired) electrons. The Hall–Kier alpha value is -2.66. The summed E-state index contributed by atoms with van der Waals surface area (Å²) in [6.07, 6.45) is 1.61. The molecule has 0 saturated heterocycles. The molecule has 5 nitrogen and oxygen atoms in total. The van der Waals surface area contributed by atoms with Gasteiger partial charge in [0.1, 0.15) is 0 Å². The predicted molar refractivity (Wildman–Crippen MR) is 81.2 cm³/mol. The number of nitrogens with one attached hydrogen (secondary N) is 2. The molecule has 0 aliphatic rings. The second-order valence-corrected chi connectivity index (χ2v) is 4.72. The molecule has 106 valence electrons. The number of aromatic nitrogens is 2. The quantitative estimate of drug-likeness (QED) is 0.772. The van der Waals surface area contributed by atoms with Gasteiger partial charge in [0.25, 0.3) is 5.91 Å². The number of hydrogen-bond donors (Lipinski definition) is 2. The molecule has 2 N–H and O–H groups in total. The van der Waals surface area contributed by atoms with Gasteiger partial charge in [-0.25, -0.2) is 4.98 Å². The summed E-state index contributed by atoms with van der Waals surface area (Å²) in [5.74, 6) is -0.152. The fourth-order valence-electron chi connectivity index (χ4n) is 2.19. The molecule has 1 aromatic heterocycles. The van der Waals surface area contributed by atoms with E-state index in [-0.39, 0.29) is 5.91 Å². The first-order chi connectivity index (χ1) is 10.3. The first kappa shape index (κ1) is 13.3. The lowest BCUT2D eigenvalue weighted by atomic mass is 10.1. The fourth-order valence-corrected chi connectivity index (χ4v) is 2.19. The van der Waals surface area contributed by atoms with E-state index in [0.717, 1.165) is 22.3 Å². The molecule has 1 heterocycles. The number of anilines is 1. The van der Waals surface area contributed by atoms with E-state index in [9.17, 15) is 4.79 Å². The third kappa shape index (κ3) is 2.93. The van der Waals surface area contributed by atoms with Gasteiger partial charge >= 0.3 is 0 Å². The number of nitrogens with zero attached hydrogens (tertiary/aromatic N) is 1. The largest absolute Gasteiger partial charge is 0.380 e. The topological polar surface area (TPSA) is 67.0 Å². The standard InChI is InChI=1S/C16H15N3O2/c1-21-9-11-3-2-4-13(7-11)19-16(20)12-5-6-14-15(8-12)18-10-17-14/h2-8,10H,9H2,1H3,(H,17,18)(H,19,20). The van der Waals surface area contributed by atoms with E-state index in [0.29, 0.717) is 12.2 Å². The third-order valence-electron chi connectivity index (χ3n) is 3.18. The minimum Gasteiger partial charge on any atom is -0.380 e. The van der Waals surface area contributed by atoms with Crippen LogP contribution >= 0.6 is 0 Å². The van der Waals surface area contributed by atoms with Crippen molar-refractivity contribution in [1.82, 2.24) is 9.97 Å². The van der Waals surface area contributed by atoms with Crippen molar-refractivity contribution in [3.05, 3.63) is 59.9 Å². The lowest BCUT2D eigenvalue weighted by molar-refractivity contribution is 0.102. The first-order valence-corrected chi connectivity index (χ1v) is 6.58. The van der Waals surface area contributed by atoms with Gasteiger partial charge in [0.15, 0.2) is 0 Å². The molecule has 0 bridgehead atoms. The molecule has 0 saturated carbocycles. The van der Waals surface area contributed by atoms with E-state index in [2.05, 4.69) is 15.3 Å². The zero-order valence-corrected chi connectivity index (χ0v) is 11.6. The summed E-state index contributed by atoms with van der Waals surface area (Å²) in [6, 6.07) is 13.0. The Morgan fingerprint density at radius 2 is 2.19 bits per heavy atom. The zero-order valence-electron chi connectivity index (χ0n) is 11.6. The van der Waals surface area contributed by atoms with Gasteiger partial charge < -0.3 is 15.0 Å². The number of carbonyl (C=O) groups is 1. The van der Waals surface area contributed by atoms with Crippen LogP contribution in [-0.4, -0.2) is 23.0 Å². The van der Waals surface area contributed by atoms with Crippen LogP contribution in [0.2, 0.25) is 0 Å². The van der Waals surface area contributed by atoms with Gasteiger partial charge in [0.2, 0.25) is 0 Å². The molecule has 0 aliphatic carbocycles. The van der Waals surface area contributed by atoms with Gasteiger partial charge in [-0.1, -0.05) is 12.1 Å². The minimum absolute atomic E-state index is 0.152. The van der Waals surface area contributed by atoms with Crippen molar-refractivity contribution in [1.29, 1.82) is 0 Å². The van der Waals surface area contributed by atoms with Crippen molar-refractivity contribution in [2.24, 2.45) is 0 Å². The van der Waals surface area contributed by atoms with Crippen LogP contribution in [0.25, 0.3) is 11.0 Å². The number of amides is 1. The average Bonchev–Trinajstić information content (AvgIpc) is 2.95. The molecule has 21 heavy (non-hydrogen) atoms. The van der Waals surface area contributed by atoms with Crippen LogP contribution in [0.4, 0.5) is 5.69 Å². The highest BCUT2D eigenvalue weighted by atomic mass is 16.5. The second-order valence-electron chi connectivity index (χ2n) is 4.72. The number of ether oxygens (including phenoxy) is 1. The summed E-state index contributed by atoms with van der Waals surface area (Å²) in [5, 5.41) is 2.89. The predicted octanol–water partition coefficient (Wildman–Crippen LogP) is 2.96.